The summed E-state index contributed by atoms with van der Waals surface area (Å²) < 4.78 is 5.57. The van der Waals surface area contributed by atoms with E-state index >= 15 is 0 Å². The van der Waals surface area contributed by atoms with Crippen molar-refractivity contribution in [1.29, 1.82) is 0 Å². The number of hydrogen-bond acceptors (Lipinski definition) is 3. The van der Waals surface area contributed by atoms with Crippen LogP contribution in [0.25, 0.3) is 0 Å². The van der Waals surface area contributed by atoms with Gasteiger partial charge >= 0.3 is 0 Å². The van der Waals surface area contributed by atoms with Gasteiger partial charge in [-0.3, -0.25) is 4.79 Å². The average Bonchev–Trinajstić information content (AvgIpc) is 3.20. The van der Waals surface area contributed by atoms with Gasteiger partial charge in [-0.25, -0.2) is 0 Å². The van der Waals surface area contributed by atoms with Gasteiger partial charge in [-0.05, 0) is 37.1 Å². The first-order chi connectivity index (χ1) is 8.70. The molecule has 1 aliphatic rings. The van der Waals surface area contributed by atoms with E-state index in [0.717, 1.165) is 18.6 Å². The van der Waals surface area contributed by atoms with Gasteiger partial charge in [0.15, 0.2) is 0 Å². The molecule has 2 rings (SSSR count). The molecule has 0 spiro atoms. The summed E-state index contributed by atoms with van der Waals surface area (Å²) in [6, 6.07) is 7.56. The molecule has 0 atom stereocenters. The zero-order valence-corrected chi connectivity index (χ0v) is 10.9. The number of carbonyl (C=O) groups is 1. The predicted octanol–water partition coefficient (Wildman–Crippen LogP) is 1.67. The third-order valence-corrected chi connectivity index (χ3v) is 3.15. The van der Waals surface area contributed by atoms with Crippen LogP contribution in [0.1, 0.15) is 12.8 Å². The van der Waals surface area contributed by atoms with Crippen LogP contribution in [0.2, 0.25) is 5.02 Å². The Balaban J connectivity index is 1.79. The van der Waals surface area contributed by atoms with Gasteiger partial charge in [0, 0.05) is 11.1 Å². The van der Waals surface area contributed by atoms with E-state index in [1.54, 1.807) is 12.1 Å². The summed E-state index contributed by atoms with van der Waals surface area (Å²) in [5.41, 5.74) is 5.39. The second kappa shape index (κ2) is 6.07. The van der Waals surface area contributed by atoms with Gasteiger partial charge in [0.2, 0.25) is 5.91 Å². The minimum absolute atomic E-state index is 0.00259. The maximum absolute atomic E-state index is 11.6. The van der Waals surface area contributed by atoms with Crippen molar-refractivity contribution >= 4 is 17.5 Å². The summed E-state index contributed by atoms with van der Waals surface area (Å²) in [5, 5.41) is 0.681. The highest BCUT2D eigenvalue weighted by Crippen LogP contribution is 2.26. The SMILES string of the molecule is NCC(=O)N(CCOc1ccc(Cl)cc1)C1CC1. The molecule has 1 amide bonds. The van der Waals surface area contributed by atoms with E-state index in [1.165, 1.54) is 0 Å². The summed E-state index contributed by atoms with van der Waals surface area (Å²) in [6.07, 6.45) is 2.15. The Kier molecular flexibility index (Phi) is 4.44. The molecule has 1 fully saturated rings. The highest BCUT2D eigenvalue weighted by Gasteiger charge is 2.31. The van der Waals surface area contributed by atoms with Gasteiger partial charge in [0.05, 0.1) is 13.1 Å². The highest BCUT2D eigenvalue weighted by molar-refractivity contribution is 6.30. The largest absolute Gasteiger partial charge is 0.492 e. The fourth-order valence-corrected chi connectivity index (χ4v) is 1.93. The van der Waals surface area contributed by atoms with Crippen molar-refractivity contribution < 1.29 is 9.53 Å². The topological polar surface area (TPSA) is 55.6 Å². The van der Waals surface area contributed by atoms with Crippen LogP contribution in [0.5, 0.6) is 5.75 Å². The molecular formula is C13H17ClN2O2. The molecule has 1 aromatic rings. The Hall–Kier alpha value is -1.26. The predicted molar refractivity (Wildman–Crippen MR) is 70.7 cm³/mol. The van der Waals surface area contributed by atoms with Gasteiger partial charge in [0.25, 0.3) is 0 Å². The van der Waals surface area contributed by atoms with E-state index in [4.69, 9.17) is 22.1 Å². The van der Waals surface area contributed by atoms with Crippen LogP contribution < -0.4 is 10.5 Å². The Labute approximate surface area is 112 Å². The van der Waals surface area contributed by atoms with Crippen LogP contribution in [0, 0.1) is 0 Å². The normalized spacial score (nSPS) is 14.3. The average molecular weight is 269 g/mol. The molecule has 0 bridgehead atoms. The zero-order chi connectivity index (χ0) is 13.0. The smallest absolute Gasteiger partial charge is 0.236 e. The monoisotopic (exact) mass is 268 g/mol. The molecule has 18 heavy (non-hydrogen) atoms. The van der Waals surface area contributed by atoms with E-state index in [0.29, 0.717) is 24.2 Å². The van der Waals surface area contributed by atoms with E-state index in [2.05, 4.69) is 0 Å². The van der Waals surface area contributed by atoms with E-state index < -0.39 is 0 Å². The highest BCUT2D eigenvalue weighted by atomic mass is 35.5. The number of ether oxygens (including phenoxy) is 1. The van der Waals surface area contributed by atoms with Crippen LogP contribution in [-0.2, 0) is 4.79 Å². The van der Waals surface area contributed by atoms with Gasteiger partial charge < -0.3 is 15.4 Å². The van der Waals surface area contributed by atoms with Gasteiger partial charge in [-0.15, -0.1) is 0 Å². The fraction of sp³-hybridized carbons (Fsp3) is 0.462. The lowest BCUT2D eigenvalue weighted by molar-refractivity contribution is -0.130. The first kappa shape index (κ1) is 13.2. The van der Waals surface area contributed by atoms with Crippen molar-refractivity contribution in [1.82, 2.24) is 4.90 Å². The minimum atomic E-state index is -0.00259. The van der Waals surface area contributed by atoms with Crippen molar-refractivity contribution in [2.24, 2.45) is 5.73 Å². The molecule has 0 saturated heterocycles. The van der Waals surface area contributed by atoms with Gasteiger partial charge in [-0.1, -0.05) is 11.6 Å². The molecular weight excluding hydrogens is 252 g/mol. The van der Waals surface area contributed by atoms with Crippen molar-refractivity contribution in [3.8, 4) is 5.75 Å². The lowest BCUT2D eigenvalue weighted by Gasteiger charge is -2.21. The number of carbonyl (C=O) groups excluding carboxylic acids is 1. The zero-order valence-electron chi connectivity index (χ0n) is 10.1. The molecule has 98 valence electrons. The molecule has 0 unspecified atom stereocenters. The maximum Gasteiger partial charge on any atom is 0.236 e. The Morgan fingerprint density at radius 1 is 1.39 bits per heavy atom. The number of nitrogens with zero attached hydrogens (tertiary/aromatic N) is 1. The third kappa shape index (κ3) is 3.62. The standard InChI is InChI=1S/C13H17ClN2O2/c14-10-1-5-12(6-2-10)18-8-7-16(11-3-4-11)13(17)9-15/h1-2,5-6,11H,3-4,7-9,15H2. The van der Waals surface area contributed by atoms with Crippen LogP contribution in [0.3, 0.4) is 0 Å². The van der Waals surface area contributed by atoms with E-state index in [9.17, 15) is 4.79 Å². The van der Waals surface area contributed by atoms with Gasteiger partial charge in [0.1, 0.15) is 12.4 Å². The van der Waals surface area contributed by atoms with Crippen molar-refractivity contribution in [3.05, 3.63) is 29.3 Å². The molecule has 2 N–H and O–H groups in total. The van der Waals surface area contributed by atoms with Crippen molar-refractivity contribution in [3.63, 3.8) is 0 Å². The second-order valence-electron chi connectivity index (χ2n) is 4.32. The van der Waals surface area contributed by atoms with E-state index in [-0.39, 0.29) is 12.5 Å². The number of benzene rings is 1. The lowest BCUT2D eigenvalue weighted by atomic mass is 10.3. The summed E-state index contributed by atoms with van der Waals surface area (Å²) in [4.78, 5) is 13.4. The summed E-state index contributed by atoms with van der Waals surface area (Å²) in [6.45, 7) is 1.13. The molecule has 1 saturated carbocycles. The molecule has 0 aliphatic heterocycles. The quantitative estimate of drug-likeness (QED) is 0.854. The fourth-order valence-electron chi connectivity index (χ4n) is 1.81. The molecule has 5 heteroatoms. The number of hydrogen-bond donors (Lipinski definition) is 1. The molecule has 0 heterocycles. The van der Waals surface area contributed by atoms with E-state index in [1.807, 2.05) is 17.0 Å². The number of amides is 1. The lowest BCUT2D eigenvalue weighted by Crippen LogP contribution is -2.40. The number of rotatable bonds is 6. The summed E-state index contributed by atoms with van der Waals surface area (Å²) in [7, 11) is 0. The molecule has 1 aromatic carbocycles. The molecule has 4 nitrogen and oxygen atoms in total. The number of halogens is 1. The Morgan fingerprint density at radius 2 is 2.06 bits per heavy atom. The van der Waals surface area contributed by atoms with Crippen LogP contribution in [0.15, 0.2) is 24.3 Å². The van der Waals surface area contributed by atoms with Crippen LogP contribution in [0.4, 0.5) is 0 Å². The summed E-state index contributed by atoms with van der Waals surface area (Å²) >= 11 is 5.78. The van der Waals surface area contributed by atoms with Gasteiger partial charge in [-0.2, -0.15) is 0 Å². The summed E-state index contributed by atoms with van der Waals surface area (Å²) in [5.74, 6) is 0.757. The van der Waals surface area contributed by atoms with Crippen LogP contribution >= 0.6 is 11.6 Å². The maximum atomic E-state index is 11.6. The minimum Gasteiger partial charge on any atom is -0.492 e. The first-order valence-corrected chi connectivity index (χ1v) is 6.46. The Morgan fingerprint density at radius 3 is 2.61 bits per heavy atom. The van der Waals surface area contributed by atoms with Crippen LogP contribution in [-0.4, -0.2) is 36.5 Å². The number of nitrogens with two attached hydrogens (primary N) is 1. The first-order valence-electron chi connectivity index (χ1n) is 6.08. The molecule has 0 radical (unpaired) electrons. The molecule has 0 aromatic heterocycles. The van der Waals surface area contributed by atoms with Crippen molar-refractivity contribution in [2.75, 3.05) is 19.7 Å². The Bertz CT molecular complexity index is 404. The second-order valence-corrected chi connectivity index (χ2v) is 4.76. The molecule has 1 aliphatic carbocycles. The van der Waals surface area contributed by atoms with Crippen molar-refractivity contribution in [2.45, 2.75) is 18.9 Å². The third-order valence-electron chi connectivity index (χ3n) is 2.90.